The van der Waals surface area contributed by atoms with Gasteiger partial charge in [0.1, 0.15) is 5.60 Å². The lowest BCUT2D eigenvalue weighted by Crippen LogP contribution is -2.43. The van der Waals surface area contributed by atoms with Gasteiger partial charge in [-0.05, 0) is 12.8 Å². The monoisotopic (exact) mass is 155 g/mol. The van der Waals surface area contributed by atoms with Crippen LogP contribution in [0.25, 0.3) is 0 Å². The third-order valence-corrected chi connectivity index (χ3v) is 2.54. The van der Waals surface area contributed by atoms with Gasteiger partial charge in [0.2, 0.25) is 5.91 Å². The van der Waals surface area contributed by atoms with E-state index in [4.69, 9.17) is 4.74 Å². The Morgan fingerprint density at radius 2 is 2.36 bits per heavy atom. The molecule has 0 aromatic carbocycles. The lowest BCUT2D eigenvalue weighted by Gasteiger charge is -2.29. The maximum absolute atomic E-state index is 11.0. The summed E-state index contributed by atoms with van der Waals surface area (Å²) in [5, 5.41) is 0. The van der Waals surface area contributed by atoms with Gasteiger partial charge in [0.05, 0.1) is 13.2 Å². The number of epoxide rings is 1. The fourth-order valence-electron chi connectivity index (χ4n) is 1.70. The molecule has 11 heavy (non-hydrogen) atoms. The standard InChI is InChI=1S/C8H13NO2/c1-7(10)9-4-2-3-8(5-9)6-11-8/h2-6H2,1H3. The van der Waals surface area contributed by atoms with E-state index in [1.54, 1.807) is 6.92 Å². The van der Waals surface area contributed by atoms with Crippen LogP contribution in [0.1, 0.15) is 19.8 Å². The molecule has 1 unspecified atom stereocenters. The quantitative estimate of drug-likeness (QED) is 0.474. The zero-order valence-electron chi connectivity index (χ0n) is 6.80. The summed E-state index contributed by atoms with van der Waals surface area (Å²) in [5.41, 5.74) is 0.0872. The third kappa shape index (κ3) is 1.25. The Kier molecular flexibility index (Phi) is 1.42. The van der Waals surface area contributed by atoms with Crippen LogP contribution in [0.4, 0.5) is 0 Å². The highest BCUT2D eigenvalue weighted by Gasteiger charge is 2.48. The molecule has 0 aliphatic carbocycles. The first kappa shape index (κ1) is 7.10. The topological polar surface area (TPSA) is 32.8 Å². The van der Waals surface area contributed by atoms with Gasteiger partial charge in [-0.15, -0.1) is 0 Å². The molecule has 0 saturated carbocycles. The van der Waals surface area contributed by atoms with Crippen LogP contribution in [0.15, 0.2) is 0 Å². The van der Waals surface area contributed by atoms with Gasteiger partial charge in [-0.2, -0.15) is 0 Å². The minimum absolute atomic E-state index is 0.0872. The van der Waals surface area contributed by atoms with E-state index in [2.05, 4.69) is 0 Å². The first-order valence-electron chi connectivity index (χ1n) is 4.11. The molecule has 3 heteroatoms. The molecule has 0 bridgehead atoms. The van der Waals surface area contributed by atoms with Crippen molar-refractivity contribution in [2.24, 2.45) is 0 Å². The van der Waals surface area contributed by atoms with E-state index in [1.165, 1.54) is 0 Å². The third-order valence-electron chi connectivity index (χ3n) is 2.54. The lowest BCUT2D eigenvalue weighted by molar-refractivity contribution is -0.130. The molecule has 2 fully saturated rings. The van der Waals surface area contributed by atoms with Crippen LogP contribution in [0.5, 0.6) is 0 Å². The Morgan fingerprint density at radius 1 is 1.64 bits per heavy atom. The molecule has 0 aromatic rings. The summed E-state index contributed by atoms with van der Waals surface area (Å²) in [6, 6.07) is 0. The number of ether oxygens (including phenoxy) is 1. The highest BCUT2D eigenvalue weighted by molar-refractivity contribution is 5.73. The number of nitrogens with zero attached hydrogens (tertiary/aromatic N) is 1. The summed E-state index contributed by atoms with van der Waals surface area (Å²) in [4.78, 5) is 12.9. The maximum atomic E-state index is 11.0. The summed E-state index contributed by atoms with van der Waals surface area (Å²) in [6.45, 7) is 4.22. The van der Waals surface area contributed by atoms with Crippen LogP contribution < -0.4 is 0 Å². The van der Waals surface area contributed by atoms with E-state index in [-0.39, 0.29) is 11.5 Å². The van der Waals surface area contributed by atoms with Crippen LogP contribution >= 0.6 is 0 Å². The van der Waals surface area contributed by atoms with E-state index >= 15 is 0 Å². The van der Waals surface area contributed by atoms with Gasteiger partial charge in [0.25, 0.3) is 0 Å². The molecule has 0 aromatic heterocycles. The lowest BCUT2D eigenvalue weighted by atomic mass is 9.99. The van der Waals surface area contributed by atoms with Crippen molar-refractivity contribution in [2.75, 3.05) is 19.7 Å². The fourth-order valence-corrected chi connectivity index (χ4v) is 1.70. The predicted octanol–water partition coefficient (Wildman–Crippen LogP) is 0.398. The first-order chi connectivity index (χ1) is 5.22. The highest BCUT2D eigenvalue weighted by atomic mass is 16.6. The van der Waals surface area contributed by atoms with Crippen molar-refractivity contribution in [3.63, 3.8) is 0 Å². The molecule has 1 atom stereocenters. The first-order valence-corrected chi connectivity index (χ1v) is 4.11. The number of hydrogen-bond acceptors (Lipinski definition) is 2. The van der Waals surface area contributed by atoms with Crippen molar-refractivity contribution in [2.45, 2.75) is 25.4 Å². The molecular formula is C8H13NO2. The summed E-state index contributed by atoms with van der Waals surface area (Å²) in [6.07, 6.45) is 2.23. The molecule has 2 saturated heterocycles. The molecule has 2 aliphatic rings. The normalized spacial score (nSPS) is 35.9. The number of carbonyl (C=O) groups excluding carboxylic acids is 1. The van der Waals surface area contributed by atoms with Crippen molar-refractivity contribution in [1.29, 1.82) is 0 Å². The Labute approximate surface area is 66.3 Å². The molecule has 0 N–H and O–H groups in total. The number of hydrogen-bond donors (Lipinski definition) is 0. The molecule has 2 heterocycles. The molecule has 1 amide bonds. The second-order valence-electron chi connectivity index (χ2n) is 3.52. The van der Waals surface area contributed by atoms with Gasteiger partial charge in [0, 0.05) is 13.5 Å². The SMILES string of the molecule is CC(=O)N1CCCC2(CO2)C1. The van der Waals surface area contributed by atoms with E-state index in [0.717, 1.165) is 32.5 Å². The fraction of sp³-hybridized carbons (Fsp3) is 0.875. The van der Waals surface area contributed by atoms with Crippen molar-refractivity contribution in [1.82, 2.24) is 4.90 Å². The van der Waals surface area contributed by atoms with Crippen LogP contribution in [0, 0.1) is 0 Å². The summed E-state index contributed by atoms with van der Waals surface area (Å²) in [7, 11) is 0. The van der Waals surface area contributed by atoms with Crippen LogP contribution in [-0.4, -0.2) is 36.1 Å². The molecule has 0 radical (unpaired) electrons. The number of likely N-dealkylation sites (tertiary alicyclic amines) is 1. The molecule has 62 valence electrons. The van der Waals surface area contributed by atoms with Crippen LogP contribution in [0.3, 0.4) is 0 Å². The van der Waals surface area contributed by atoms with E-state index in [0.29, 0.717) is 0 Å². The van der Waals surface area contributed by atoms with Gasteiger partial charge in [-0.25, -0.2) is 0 Å². The molecule has 1 spiro atoms. The minimum Gasteiger partial charge on any atom is -0.368 e. The second-order valence-corrected chi connectivity index (χ2v) is 3.52. The Morgan fingerprint density at radius 3 is 2.91 bits per heavy atom. The molecular weight excluding hydrogens is 142 g/mol. The van der Waals surface area contributed by atoms with E-state index in [9.17, 15) is 4.79 Å². The van der Waals surface area contributed by atoms with E-state index < -0.39 is 0 Å². The number of carbonyl (C=O) groups is 1. The van der Waals surface area contributed by atoms with Crippen molar-refractivity contribution < 1.29 is 9.53 Å². The number of piperidine rings is 1. The predicted molar refractivity (Wildman–Crippen MR) is 40.2 cm³/mol. The zero-order chi connectivity index (χ0) is 7.90. The summed E-state index contributed by atoms with van der Waals surface area (Å²) < 4.78 is 5.32. The highest BCUT2D eigenvalue weighted by Crippen LogP contribution is 2.36. The Balaban J connectivity index is 1.98. The van der Waals surface area contributed by atoms with Gasteiger partial charge in [-0.1, -0.05) is 0 Å². The summed E-state index contributed by atoms with van der Waals surface area (Å²) in [5.74, 6) is 0.180. The average Bonchev–Trinajstić information content (AvgIpc) is 2.69. The molecule has 2 rings (SSSR count). The molecule has 3 nitrogen and oxygen atoms in total. The Hall–Kier alpha value is -0.570. The van der Waals surface area contributed by atoms with E-state index in [1.807, 2.05) is 4.90 Å². The van der Waals surface area contributed by atoms with Crippen LogP contribution in [0.2, 0.25) is 0 Å². The van der Waals surface area contributed by atoms with Gasteiger partial charge >= 0.3 is 0 Å². The Bertz CT molecular complexity index is 187. The zero-order valence-corrected chi connectivity index (χ0v) is 6.80. The van der Waals surface area contributed by atoms with Gasteiger partial charge < -0.3 is 9.64 Å². The number of rotatable bonds is 0. The van der Waals surface area contributed by atoms with Crippen molar-refractivity contribution in [3.05, 3.63) is 0 Å². The smallest absolute Gasteiger partial charge is 0.219 e. The van der Waals surface area contributed by atoms with Gasteiger partial charge in [0.15, 0.2) is 0 Å². The summed E-state index contributed by atoms with van der Waals surface area (Å²) >= 11 is 0. The second kappa shape index (κ2) is 2.21. The average molecular weight is 155 g/mol. The minimum atomic E-state index is 0.0872. The molecule has 2 aliphatic heterocycles. The largest absolute Gasteiger partial charge is 0.368 e. The maximum Gasteiger partial charge on any atom is 0.219 e. The van der Waals surface area contributed by atoms with Crippen molar-refractivity contribution in [3.8, 4) is 0 Å². The van der Waals surface area contributed by atoms with Gasteiger partial charge in [-0.3, -0.25) is 4.79 Å². The van der Waals surface area contributed by atoms with Crippen molar-refractivity contribution >= 4 is 5.91 Å². The van der Waals surface area contributed by atoms with Crippen LogP contribution in [-0.2, 0) is 9.53 Å². The number of amides is 1.